The molecular weight excluding hydrogens is 369 g/mol. The molecule has 2 aliphatic rings. The van der Waals surface area contributed by atoms with Gasteiger partial charge in [0.2, 0.25) is 5.95 Å². The quantitative estimate of drug-likeness (QED) is 0.741. The number of aliphatic hydroxyl groups excluding tert-OH is 1. The van der Waals surface area contributed by atoms with Crippen molar-refractivity contribution in [2.45, 2.75) is 25.5 Å². The predicted octanol–water partition coefficient (Wildman–Crippen LogP) is 2.04. The molecule has 2 atom stereocenters. The second-order valence-electron chi connectivity index (χ2n) is 6.72. The molecule has 4 rings (SSSR count). The number of nitrogens with one attached hydrogen (secondary N) is 2. The first kappa shape index (κ1) is 17.9. The Hall–Kier alpha value is -2.52. The Morgan fingerprint density at radius 3 is 3.11 bits per heavy atom. The summed E-state index contributed by atoms with van der Waals surface area (Å²) in [6.07, 6.45) is 2.90. The van der Waals surface area contributed by atoms with Crippen LogP contribution in [0.2, 0.25) is 0 Å². The topological polar surface area (TPSA) is 90.4 Å². The van der Waals surface area contributed by atoms with Gasteiger partial charge in [-0.1, -0.05) is 0 Å². The number of aliphatic hydroxyl groups is 1. The highest BCUT2D eigenvalue weighted by atomic mass is 32.1. The number of likely N-dealkylation sites (tertiary alicyclic amines) is 1. The van der Waals surface area contributed by atoms with Crippen LogP contribution in [0.25, 0.3) is 10.2 Å². The van der Waals surface area contributed by atoms with E-state index in [1.165, 1.54) is 23.6 Å². The molecule has 2 aliphatic heterocycles. The number of allylic oxidation sites excluding steroid dienone is 2. The maximum atomic E-state index is 13.5. The zero-order valence-corrected chi connectivity index (χ0v) is 15.6. The molecule has 1 amide bonds. The third kappa shape index (κ3) is 3.65. The molecule has 4 heterocycles. The summed E-state index contributed by atoms with van der Waals surface area (Å²) in [5.74, 6) is -0.209. The highest BCUT2D eigenvalue weighted by Gasteiger charge is 2.28. The van der Waals surface area contributed by atoms with Crippen molar-refractivity contribution in [2.24, 2.45) is 0 Å². The summed E-state index contributed by atoms with van der Waals surface area (Å²) in [5.41, 5.74) is 1.86. The first-order chi connectivity index (χ1) is 13.0. The number of dihydropyridines is 1. The molecule has 0 aromatic carbocycles. The fourth-order valence-electron chi connectivity index (χ4n) is 3.25. The summed E-state index contributed by atoms with van der Waals surface area (Å²) in [7, 11) is 0. The van der Waals surface area contributed by atoms with Gasteiger partial charge in [0.05, 0.1) is 16.3 Å². The number of amides is 1. The lowest BCUT2D eigenvalue weighted by Gasteiger charge is -2.21. The van der Waals surface area contributed by atoms with Crippen molar-refractivity contribution < 1.29 is 14.3 Å². The largest absolute Gasteiger partial charge is 0.391 e. The average Bonchev–Trinajstić information content (AvgIpc) is 3.29. The molecule has 1 saturated heterocycles. The number of fused-ring (bicyclic) bond motifs is 1. The third-order valence-corrected chi connectivity index (χ3v) is 5.64. The van der Waals surface area contributed by atoms with Crippen molar-refractivity contribution in [1.29, 1.82) is 0 Å². The molecule has 3 N–H and O–H groups in total. The Morgan fingerprint density at radius 1 is 1.52 bits per heavy atom. The van der Waals surface area contributed by atoms with Crippen molar-refractivity contribution in [1.82, 2.24) is 20.2 Å². The Balaban J connectivity index is 1.62. The smallest absolute Gasteiger partial charge is 0.274 e. The minimum atomic E-state index is -0.485. The van der Waals surface area contributed by atoms with Crippen molar-refractivity contribution in [3.8, 4) is 0 Å². The lowest BCUT2D eigenvalue weighted by molar-refractivity contribution is 0.0761. The van der Waals surface area contributed by atoms with Gasteiger partial charge in [0, 0.05) is 31.9 Å². The molecule has 2 aromatic rings. The maximum Gasteiger partial charge on any atom is 0.274 e. The molecule has 0 unspecified atom stereocenters. The van der Waals surface area contributed by atoms with E-state index >= 15 is 0 Å². The maximum absolute atomic E-state index is 13.5. The standard InChI is InChI=1S/C18H20FN5O2S/c1-10(11-6-12(19)8-20-7-11)21-18-22-14-3-5-27-16(14)15(23-18)17(26)24-4-2-13(25)9-24/h3,5-6,8,10,13,20,25H,2,4,7,9H2,1H3,(H,21,22,23)/t10-,13+/m0/s1. The number of carbonyl (C=O) groups excluding carboxylic acids is 1. The molecule has 9 heteroatoms. The van der Waals surface area contributed by atoms with Crippen LogP contribution >= 0.6 is 11.3 Å². The molecule has 2 aromatic heterocycles. The van der Waals surface area contributed by atoms with Gasteiger partial charge in [-0.25, -0.2) is 14.4 Å². The molecule has 0 aliphatic carbocycles. The van der Waals surface area contributed by atoms with Crippen molar-refractivity contribution >= 4 is 33.4 Å². The molecule has 27 heavy (non-hydrogen) atoms. The van der Waals surface area contributed by atoms with Gasteiger partial charge in [-0.15, -0.1) is 11.3 Å². The molecule has 142 valence electrons. The van der Waals surface area contributed by atoms with Crippen LogP contribution in [0.5, 0.6) is 0 Å². The molecule has 0 bridgehead atoms. The highest BCUT2D eigenvalue weighted by molar-refractivity contribution is 7.17. The predicted molar refractivity (Wildman–Crippen MR) is 102 cm³/mol. The van der Waals surface area contributed by atoms with Gasteiger partial charge in [-0.2, -0.15) is 0 Å². The number of aromatic nitrogens is 2. The fourth-order valence-corrected chi connectivity index (χ4v) is 4.06. The second kappa shape index (κ2) is 7.24. The van der Waals surface area contributed by atoms with Gasteiger partial charge in [0.1, 0.15) is 5.83 Å². The molecule has 0 radical (unpaired) electrons. The first-order valence-electron chi connectivity index (χ1n) is 8.80. The summed E-state index contributed by atoms with van der Waals surface area (Å²) < 4.78 is 14.2. The average molecular weight is 389 g/mol. The second-order valence-corrected chi connectivity index (χ2v) is 7.64. The number of β-amino-alcohol motifs (C(OH)–C–C–N with tert-alkyl or cyclic N) is 1. The molecule has 0 saturated carbocycles. The molecular formula is C18H20FN5O2S. The number of rotatable bonds is 4. The Kier molecular flexibility index (Phi) is 4.79. The van der Waals surface area contributed by atoms with Crippen LogP contribution in [0.3, 0.4) is 0 Å². The minimum Gasteiger partial charge on any atom is -0.391 e. The van der Waals surface area contributed by atoms with E-state index in [2.05, 4.69) is 20.6 Å². The van der Waals surface area contributed by atoms with Crippen LogP contribution in [0.15, 0.2) is 35.1 Å². The number of carbonyl (C=O) groups is 1. The molecule has 1 fully saturated rings. The van der Waals surface area contributed by atoms with Gasteiger partial charge in [-0.3, -0.25) is 4.79 Å². The Bertz CT molecular complexity index is 941. The van der Waals surface area contributed by atoms with Gasteiger partial charge < -0.3 is 20.6 Å². The number of hydrogen-bond acceptors (Lipinski definition) is 7. The van der Waals surface area contributed by atoms with E-state index in [1.807, 2.05) is 18.4 Å². The number of thiophene rings is 1. The van der Waals surface area contributed by atoms with Crippen LogP contribution in [0, 0.1) is 0 Å². The lowest BCUT2D eigenvalue weighted by atomic mass is 10.1. The van der Waals surface area contributed by atoms with Crippen LogP contribution < -0.4 is 10.6 Å². The first-order valence-corrected chi connectivity index (χ1v) is 9.68. The minimum absolute atomic E-state index is 0.204. The van der Waals surface area contributed by atoms with Crippen LogP contribution in [-0.4, -0.2) is 57.7 Å². The summed E-state index contributed by atoms with van der Waals surface area (Å²) in [6, 6.07) is 1.64. The normalized spacial score (nSPS) is 20.9. The van der Waals surface area contributed by atoms with E-state index in [1.54, 1.807) is 4.90 Å². The van der Waals surface area contributed by atoms with Crippen molar-refractivity contribution in [3.63, 3.8) is 0 Å². The lowest BCUT2D eigenvalue weighted by Crippen LogP contribution is -2.31. The SMILES string of the molecule is C[C@H](Nc1nc(C(=O)N2CC[C@@H](O)C2)c2sccc2n1)C1=CC(F)=CNC1. The number of anilines is 1. The number of nitrogens with zero attached hydrogens (tertiary/aromatic N) is 3. The van der Waals surface area contributed by atoms with Gasteiger partial charge in [0.15, 0.2) is 5.69 Å². The van der Waals surface area contributed by atoms with Crippen LogP contribution in [0.1, 0.15) is 23.8 Å². The summed E-state index contributed by atoms with van der Waals surface area (Å²) in [4.78, 5) is 23.5. The molecule has 7 nitrogen and oxygen atoms in total. The van der Waals surface area contributed by atoms with E-state index in [0.29, 0.717) is 43.2 Å². The number of hydrogen-bond donors (Lipinski definition) is 3. The number of halogens is 1. The Morgan fingerprint density at radius 2 is 2.37 bits per heavy atom. The van der Waals surface area contributed by atoms with E-state index in [4.69, 9.17) is 0 Å². The van der Waals surface area contributed by atoms with E-state index in [9.17, 15) is 14.3 Å². The third-order valence-electron chi connectivity index (χ3n) is 4.73. The van der Waals surface area contributed by atoms with Crippen molar-refractivity contribution in [3.05, 3.63) is 40.8 Å². The van der Waals surface area contributed by atoms with E-state index in [0.717, 1.165) is 10.3 Å². The van der Waals surface area contributed by atoms with Gasteiger partial charge in [0.25, 0.3) is 5.91 Å². The van der Waals surface area contributed by atoms with Crippen LogP contribution in [0.4, 0.5) is 10.3 Å². The van der Waals surface area contributed by atoms with Gasteiger partial charge in [-0.05, 0) is 36.4 Å². The Labute approximate surface area is 159 Å². The zero-order chi connectivity index (χ0) is 19.0. The van der Waals surface area contributed by atoms with Crippen LogP contribution in [-0.2, 0) is 0 Å². The summed E-state index contributed by atoms with van der Waals surface area (Å²) in [6.45, 7) is 3.25. The summed E-state index contributed by atoms with van der Waals surface area (Å²) >= 11 is 1.42. The highest BCUT2D eigenvalue weighted by Crippen LogP contribution is 2.26. The van der Waals surface area contributed by atoms with E-state index in [-0.39, 0.29) is 17.8 Å². The monoisotopic (exact) mass is 389 g/mol. The van der Waals surface area contributed by atoms with E-state index < -0.39 is 6.10 Å². The summed E-state index contributed by atoms with van der Waals surface area (Å²) in [5, 5.41) is 17.6. The fraction of sp³-hybridized carbons (Fsp3) is 0.389. The molecule has 0 spiro atoms. The zero-order valence-electron chi connectivity index (χ0n) is 14.8. The van der Waals surface area contributed by atoms with Gasteiger partial charge >= 0.3 is 0 Å². The van der Waals surface area contributed by atoms with Crippen molar-refractivity contribution in [2.75, 3.05) is 25.0 Å².